The van der Waals surface area contributed by atoms with Crippen LogP contribution >= 0.6 is 11.6 Å². The van der Waals surface area contributed by atoms with Gasteiger partial charge in [-0.1, -0.05) is 29.8 Å². The van der Waals surface area contributed by atoms with E-state index in [9.17, 15) is 13.9 Å². The normalized spacial score (nSPS) is 12.5. The minimum atomic E-state index is -1.28. The fourth-order valence-electron chi connectivity index (χ4n) is 1.77. The summed E-state index contributed by atoms with van der Waals surface area (Å²) < 4.78 is 27.0. The summed E-state index contributed by atoms with van der Waals surface area (Å²) in [6.07, 6.45) is -1.28. The first-order valence-electron chi connectivity index (χ1n) is 5.38. The molecular weight excluding hydrogens is 258 g/mol. The smallest absolute Gasteiger partial charge is 0.132 e. The largest absolute Gasteiger partial charge is 0.383 e. The Morgan fingerprint density at radius 1 is 1.11 bits per heavy atom. The van der Waals surface area contributed by atoms with Crippen LogP contribution in [0.2, 0.25) is 5.02 Å². The second kappa shape index (κ2) is 5.04. The Bertz CT molecular complexity index is 582. The van der Waals surface area contributed by atoms with Crippen molar-refractivity contribution in [3.05, 3.63) is 69.7 Å². The van der Waals surface area contributed by atoms with Crippen LogP contribution < -0.4 is 0 Å². The molecule has 0 saturated carbocycles. The molecule has 1 N–H and O–H groups in total. The zero-order chi connectivity index (χ0) is 13.3. The number of aryl methyl sites for hydroxylation is 1. The fourth-order valence-corrected chi connectivity index (χ4v) is 1.99. The second-order valence-electron chi connectivity index (χ2n) is 4.05. The molecule has 1 unspecified atom stereocenters. The molecule has 0 bridgehead atoms. The average molecular weight is 269 g/mol. The van der Waals surface area contributed by atoms with E-state index in [0.29, 0.717) is 5.56 Å². The zero-order valence-corrected chi connectivity index (χ0v) is 10.4. The van der Waals surface area contributed by atoms with E-state index < -0.39 is 17.7 Å². The lowest BCUT2D eigenvalue weighted by Crippen LogP contribution is -2.05. The summed E-state index contributed by atoms with van der Waals surface area (Å²) in [6, 6.07) is 8.31. The summed E-state index contributed by atoms with van der Waals surface area (Å²) in [4.78, 5) is 0. The van der Waals surface area contributed by atoms with E-state index in [-0.39, 0.29) is 16.1 Å². The Morgan fingerprint density at radius 2 is 1.83 bits per heavy atom. The molecule has 0 fully saturated rings. The molecule has 0 aliphatic rings. The quantitative estimate of drug-likeness (QED) is 0.873. The standard InChI is InChI=1S/C14H11ClF2O/c1-8-3-2-4-10(13(8)17)14(18)11-7-9(16)5-6-12(11)15/h2-7,14,18H,1H3. The predicted molar refractivity (Wildman–Crippen MR) is 66.6 cm³/mol. The molecular formula is C14H11ClF2O. The molecule has 0 saturated heterocycles. The SMILES string of the molecule is Cc1cccc(C(O)c2cc(F)ccc2Cl)c1F. The molecule has 0 spiro atoms. The van der Waals surface area contributed by atoms with Gasteiger partial charge in [0.25, 0.3) is 0 Å². The Hall–Kier alpha value is -1.45. The van der Waals surface area contributed by atoms with Crippen molar-refractivity contribution in [2.24, 2.45) is 0 Å². The van der Waals surface area contributed by atoms with Gasteiger partial charge in [-0.25, -0.2) is 8.78 Å². The summed E-state index contributed by atoms with van der Waals surface area (Å²) in [6.45, 7) is 1.60. The highest BCUT2D eigenvalue weighted by molar-refractivity contribution is 6.31. The third kappa shape index (κ3) is 2.37. The molecule has 2 aromatic rings. The number of rotatable bonds is 2. The first-order chi connectivity index (χ1) is 8.50. The van der Waals surface area contributed by atoms with Crippen LogP contribution in [0.15, 0.2) is 36.4 Å². The van der Waals surface area contributed by atoms with Crippen LogP contribution in [0, 0.1) is 18.6 Å². The van der Waals surface area contributed by atoms with E-state index in [1.54, 1.807) is 19.1 Å². The maximum absolute atomic E-state index is 13.9. The molecule has 2 aromatic carbocycles. The number of benzene rings is 2. The summed E-state index contributed by atoms with van der Waals surface area (Å²) >= 11 is 5.88. The Kier molecular flexibility index (Phi) is 3.64. The molecule has 4 heteroatoms. The lowest BCUT2D eigenvalue weighted by atomic mass is 9.99. The highest BCUT2D eigenvalue weighted by Gasteiger charge is 2.19. The zero-order valence-electron chi connectivity index (χ0n) is 9.62. The molecule has 0 heterocycles. The van der Waals surface area contributed by atoms with Crippen LogP contribution in [0.5, 0.6) is 0 Å². The van der Waals surface area contributed by atoms with Gasteiger partial charge in [0.05, 0.1) is 0 Å². The topological polar surface area (TPSA) is 20.2 Å². The molecule has 0 amide bonds. The Balaban J connectivity index is 2.51. The van der Waals surface area contributed by atoms with Gasteiger partial charge in [0.1, 0.15) is 17.7 Å². The molecule has 1 nitrogen and oxygen atoms in total. The van der Waals surface area contributed by atoms with Gasteiger partial charge in [-0.3, -0.25) is 0 Å². The molecule has 94 valence electrons. The van der Waals surface area contributed by atoms with Crippen LogP contribution in [-0.4, -0.2) is 5.11 Å². The number of aliphatic hydroxyl groups excluding tert-OH is 1. The van der Waals surface area contributed by atoms with Crippen molar-refractivity contribution in [3.8, 4) is 0 Å². The molecule has 0 aromatic heterocycles. The lowest BCUT2D eigenvalue weighted by Gasteiger charge is -2.15. The lowest BCUT2D eigenvalue weighted by molar-refractivity contribution is 0.214. The summed E-state index contributed by atoms with van der Waals surface area (Å²) in [5.41, 5.74) is 0.655. The maximum Gasteiger partial charge on any atom is 0.132 e. The van der Waals surface area contributed by atoms with Gasteiger partial charge in [-0.15, -0.1) is 0 Å². The highest BCUT2D eigenvalue weighted by atomic mass is 35.5. The number of hydrogen-bond acceptors (Lipinski definition) is 1. The summed E-state index contributed by atoms with van der Waals surface area (Å²) in [7, 11) is 0. The summed E-state index contributed by atoms with van der Waals surface area (Å²) in [5, 5.41) is 10.3. The third-order valence-electron chi connectivity index (χ3n) is 2.77. The van der Waals surface area contributed by atoms with Gasteiger partial charge in [-0.2, -0.15) is 0 Å². The van der Waals surface area contributed by atoms with E-state index in [2.05, 4.69) is 0 Å². The Labute approximate surface area is 109 Å². The van der Waals surface area contributed by atoms with Crippen LogP contribution in [0.25, 0.3) is 0 Å². The van der Waals surface area contributed by atoms with Crippen molar-refractivity contribution in [2.45, 2.75) is 13.0 Å². The minimum absolute atomic E-state index is 0.0856. The van der Waals surface area contributed by atoms with Gasteiger partial charge >= 0.3 is 0 Å². The molecule has 18 heavy (non-hydrogen) atoms. The van der Waals surface area contributed by atoms with Crippen LogP contribution in [0.4, 0.5) is 8.78 Å². The van der Waals surface area contributed by atoms with Crippen molar-refractivity contribution in [1.82, 2.24) is 0 Å². The average Bonchev–Trinajstić information content (AvgIpc) is 2.35. The molecule has 0 aliphatic heterocycles. The number of aliphatic hydroxyl groups is 1. The van der Waals surface area contributed by atoms with Gasteiger partial charge < -0.3 is 5.11 Å². The number of hydrogen-bond donors (Lipinski definition) is 1. The van der Waals surface area contributed by atoms with Crippen molar-refractivity contribution in [2.75, 3.05) is 0 Å². The van der Waals surface area contributed by atoms with E-state index in [1.165, 1.54) is 18.2 Å². The number of halogens is 3. The summed E-state index contributed by atoms with van der Waals surface area (Å²) in [5.74, 6) is -1.04. The van der Waals surface area contributed by atoms with Crippen molar-refractivity contribution in [3.63, 3.8) is 0 Å². The third-order valence-corrected chi connectivity index (χ3v) is 3.11. The van der Waals surface area contributed by atoms with E-state index >= 15 is 0 Å². The van der Waals surface area contributed by atoms with Crippen LogP contribution in [-0.2, 0) is 0 Å². The first kappa shape index (κ1) is 13.0. The van der Waals surface area contributed by atoms with Crippen molar-refractivity contribution < 1.29 is 13.9 Å². The minimum Gasteiger partial charge on any atom is -0.383 e. The van der Waals surface area contributed by atoms with E-state index in [1.807, 2.05) is 0 Å². The molecule has 0 radical (unpaired) electrons. The van der Waals surface area contributed by atoms with Crippen LogP contribution in [0.3, 0.4) is 0 Å². The maximum atomic E-state index is 13.9. The van der Waals surface area contributed by atoms with Gasteiger partial charge in [0.15, 0.2) is 0 Å². The first-order valence-corrected chi connectivity index (χ1v) is 5.76. The van der Waals surface area contributed by atoms with Crippen LogP contribution in [0.1, 0.15) is 22.8 Å². The van der Waals surface area contributed by atoms with Gasteiger partial charge in [0, 0.05) is 16.1 Å². The Morgan fingerprint density at radius 3 is 2.56 bits per heavy atom. The van der Waals surface area contributed by atoms with Crippen molar-refractivity contribution in [1.29, 1.82) is 0 Å². The van der Waals surface area contributed by atoms with Crippen molar-refractivity contribution >= 4 is 11.6 Å². The molecule has 0 aliphatic carbocycles. The highest BCUT2D eigenvalue weighted by Crippen LogP contribution is 2.30. The van der Waals surface area contributed by atoms with E-state index in [4.69, 9.17) is 11.6 Å². The predicted octanol–water partition coefficient (Wildman–Crippen LogP) is 4.01. The van der Waals surface area contributed by atoms with Gasteiger partial charge in [-0.05, 0) is 30.7 Å². The molecule has 1 atom stereocenters. The van der Waals surface area contributed by atoms with E-state index in [0.717, 1.165) is 6.07 Å². The molecule has 2 rings (SSSR count). The monoisotopic (exact) mass is 268 g/mol. The van der Waals surface area contributed by atoms with Gasteiger partial charge in [0.2, 0.25) is 0 Å². The second-order valence-corrected chi connectivity index (χ2v) is 4.45. The fraction of sp³-hybridized carbons (Fsp3) is 0.143.